The number of hydrogen-bond acceptors (Lipinski definition) is 6. The van der Waals surface area contributed by atoms with Gasteiger partial charge in [-0.25, -0.2) is 9.59 Å². The zero-order valence-corrected chi connectivity index (χ0v) is 15.5. The Bertz CT molecular complexity index is 675. The second kappa shape index (κ2) is 9.50. The number of benzene rings is 1. The molecular weight excluding hydrogens is 344 g/mol. The van der Waals surface area contributed by atoms with Gasteiger partial charge in [0.1, 0.15) is 17.1 Å². The van der Waals surface area contributed by atoms with Gasteiger partial charge >= 0.3 is 18.0 Å². The number of hydrogen-bond donors (Lipinski definition) is 2. The van der Waals surface area contributed by atoms with Crippen molar-refractivity contribution in [2.75, 3.05) is 39.7 Å². The Hall–Kier alpha value is -2.97. The number of ether oxygens (including phenoxy) is 3. The molecule has 0 fully saturated rings. The van der Waals surface area contributed by atoms with Crippen LogP contribution in [0.5, 0.6) is 11.5 Å². The standard InChI is InChI=1S/C17H24N2O7/c1-6-26-16(22)14-12(7-11(24-4)8-13(14)25-5)18-17(23)19(3)9-10(2)15(20)21/h7-8,10H,6,9H2,1-5H3,(H,18,23)(H,20,21). The molecule has 0 bridgehead atoms. The van der Waals surface area contributed by atoms with Gasteiger partial charge in [0, 0.05) is 25.7 Å². The maximum absolute atomic E-state index is 12.4. The Labute approximate surface area is 151 Å². The zero-order chi connectivity index (χ0) is 19.9. The molecule has 1 rings (SSSR count). The number of nitrogens with zero attached hydrogens (tertiary/aromatic N) is 1. The van der Waals surface area contributed by atoms with E-state index in [1.165, 1.54) is 45.2 Å². The minimum Gasteiger partial charge on any atom is -0.497 e. The number of carboxylic acids is 1. The average Bonchev–Trinajstić information content (AvgIpc) is 2.60. The number of methoxy groups -OCH3 is 2. The van der Waals surface area contributed by atoms with Crippen LogP contribution >= 0.6 is 0 Å². The highest BCUT2D eigenvalue weighted by Gasteiger charge is 2.24. The molecule has 0 saturated heterocycles. The van der Waals surface area contributed by atoms with Gasteiger partial charge in [0.05, 0.1) is 32.4 Å². The summed E-state index contributed by atoms with van der Waals surface area (Å²) >= 11 is 0. The van der Waals surface area contributed by atoms with E-state index >= 15 is 0 Å². The number of rotatable bonds is 8. The summed E-state index contributed by atoms with van der Waals surface area (Å²) in [6.45, 7) is 3.30. The van der Waals surface area contributed by atoms with E-state index in [9.17, 15) is 14.4 Å². The van der Waals surface area contributed by atoms with E-state index in [4.69, 9.17) is 19.3 Å². The first-order chi connectivity index (χ1) is 12.2. The summed E-state index contributed by atoms with van der Waals surface area (Å²) in [4.78, 5) is 36.8. The SMILES string of the molecule is CCOC(=O)c1c(NC(=O)N(C)CC(C)C(=O)O)cc(OC)cc1OC. The minimum atomic E-state index is -1.01. The number of carbonyl (C=O) groups excluding carboxylic acids is 2. The van der Waals surface area contributed by atoms with Gasteiger partial charge < -0.3 is 29.5 Å². The Morgan fingerprint density at radius 3 is 2.38 bits per heavy atom. The molecule has 2 N–H and O–H groups in total. The van der Waals surface area contributed by atoms with E-state index in [2.05, 4.69) is 5.32 Å². The zero-order valence-electron chi connectivity index (χ0n) is 15.5. The summed E-state index contributed by atoms with van der Waals surface area (Å²) in [5.41, 5.74) is 0.183. The summed E-state index contributed by atoms with van der Waals surface area (Å²) in [6.07, 6.45) is 0. The van der Waals surface area contributed by atoms with Gasteiger partial charge in [-0.2, -0.15) is 0 Å². The fraction of sp³-hybridized carbons (Fsp3) is 0.471. The average molecular weight is 368 g/mol. The second-order valence-electron chi connectivity index (χ2n) is 5.52. The quantitative estimate of drug-likeness (QED) is 0.675. The van der Waals surface area contributed by atoms with E-state index in [0.29, 0.717) is 5.75 Å². The topological polar surface area (TPSA) is 114 Å². The molecule has 2 amide bonds. The van der Waals surface area contributed by atoms with Crippen LogP contribution in [0.2, 0.25) is 0 Å². The van der Waals surface area contributed by atoms with Crippen molar-refractivity contribution in [2.24, 2.45) is 5.92 Å². The third-order valence-corrected chi connectivity index (χ3v) is 3.57. The van der Waals surface area contributed by atoms with Gasteiger partial charge in [0.2, 0.25) is 0 Å². The Balaban J connectivity index is 3.18. The number of urea groups is 1. The molecule has 1 unspecified atom stereocenters. The maximum atomic E-state index is 12.4. The Kier molecular flexibility index (Phi) is 7.70. The van der Waals surface area contributed by atoms with Gasteiger partial charge in [-0.1, -0.05) is 6.92 Å². The highest BCUT2D eigenvalue weighted by atomic mass is 16.5. The molecule has 144 valence electrons. The second-order valence-corrected chi connectivity index (χ2v) is 5.52. The molecule has 1 atom stereocenters. The Morgan fingerprint density at radius 2 is 1.88 bits per heavy atom. The predicted octanol–water partition coefficient (Wildman–Crippen LogP) is 2.06. The minimum absolute atomic E-state index is 0.00297. The molecule has 9 heteroatoms. The van der Waals surface area contributed by atoms with Gasteiger partial charge in [-0.15, -0.1) is 0 Å². The molecule has 0 saturated carbocycles. The van der Waals surface area contributed by atoms with Crippen LogP contribution in [0.3, 0.4) is 0 Å². The fourth-order valence-corrected chi connectivity index (χ4v) is 2.16. The highest BCUT2D eigenvalue weighted by molar-refractivity contribution is 6.03. The summed E-state index contributed by atoms with van der Waals surface area (Å²) < 4.78 is 15.4. The molecule has 0 aliphatic heterocycles. The molecule has 0 spiro atoms. The first-order valence-electron chi connectivity index (χ1n) is 7.93. The first kappa shape index (κ1) is 21.1. The van der Waals surface area contributed by atoms with Crippen molar-refractivity contribution in [2.45, 2.75) is 13.8 Å². The van der Waals surface area contributed by atoms with Crippen LogP contribution in [0.15, 0.2) is 12.1 Å². The van der Waals surface area contributed by atoms with E-state index in [1.54, 1.807) is 6.92 Å². The summed E-state index contributed by atoms with van der Waals surface area (Å²) in [7, 11) is 4.27. The number of aliphatic carboxylic acids is 1. The summed E-state index contributed by atoms with van der Waals surface area (Å²) in [5, 5.41) is 11.5. The number of carboxylic acid groups (broad SMARTS) is 1. The van der Waals surface area contributed by atoms with Crippen molar-refractivity contribution in [3.63, 3.8) is 0 Å². The van der Waals surface area contributed by atoms with Gasteiger partial charge in [0.15, 0.2) is 0 Å². The molecule has 0 heterocycles. The molecule has 26 heavy (non-hydrogen) atoms. The van der Waals surface area contributed by atoms with E-state index in [0.717, 1.165) is 0 Å². The van der Waals surface area contributed by atoms with Crippen LogP contribution in [-0.2, 0) is 9.53 Å². The predicted molar refractivity (Wildman–Crippen MR) is 94.0 cm³/mol. The van der Waals surface area contributed by atoms with Crippen LogP contribution in [-0.4, -0.2) is 62.4 Å². The number of amides is 2. The molecule has 9 nitrogen and oxygen atoms in total. The summed E-state index contributed by atoms with van der Waals surface area (Å²) in [6, 6.07) is 2.37. The Morgan fingerprint density at radius 1 is 1.23 bits per heavy atom. The van der Waals surface area contributed by atoms with E-state index in [-0.39, 0.29) is 30.2 Å². The monoisotopic (exact) mass is 368 g/mol. The number of carbonyl (C=O) groups is 3. The molecule has 0 aromatic heterocycles. The van der Waals surface area contributed by atoms with E-state index in [1.807, 2.05) is 0 Å². The van der Waals surface area contributed by atoms with Crippen LogP contribution in [0.25, 0.3) is 0 Å². The van der Waals surface area contributed by atoms with Crippen molar-refractivity contribution in [1.82, 2.24) is 4.90 Å². The lowest BCUT2D eigenvalue weighted by Crippen LogP contribution is -2.37. The largest absolute Gasteiger partial charge is 0.497 e. The third kappa shape index (κ3) is 5.27. The van der Waals surface area contributed by atoms with Crippen molar-refractivity contribution < 1.29 is 33.7 Å². The van der Waals surface area contributed by atoms with Crippen LogP contribution in [0.1, 0.15) is 24.2 Å². The maximum Gasteiger partial charge on any atom is 0.344 e. The highest BCUT2D eigenvalue weighted by Crippen LogP contribution is 2.33. The third-order valence-electron chi connectivity index (χ3n) is 3.57. The molecule has 1 aromatic rings. The van der Waals surface area contributed by atoms with Crippen LogP contribution < -0.4 is 14.8 Å². The fourth-order valence-electron chi connectivity index (χ4n) is 2.16. The first-order valence-corrected chi connectivity index (χ1v) is 7.93. The molecule has 0 radical (unpaired) electrons. The van der Waals surface area contributed by atoms with E-state index < -0.39 is 23.9 Å². The lowest BCUT2D eigenvalue weighted by atomic mass is 10.1. The van der Waals surface area contributed by atoms with Crippen LogP contribution in [0, 0.1) is 5.92 Å². The lowest BCUT2D eigenvalue weighted by molar-refractivity contribution is -0.141. The number of esters is 1. The van der Waals surface area contributed by atoms with Crippen molar-refractivity contribution in [1.29, 1.82) is 0 Å². The van der Waals surface area contributed by atoms with Gasteiger partial charge in [-0.05, 0) is 6.92 Å². The molecule has 1 aromatic carbocycles. The number of anilines is 1. The van der Waals surface area contributed by atoms with Gasteiger partial charge in [-0.3, -0.25) is 4.79 Å². The smallest absolute Gasteiger partial charge is 0.344 e. The normalized spacial score (nSPS) is 11.3. The lowest BCUT2D eigenvalue weighted by Gasteiger charge is -2.21. The van der Waals surface area contributed by atoms with Crippen LogP contribution in [0.4, 0.5) is 10.5 Å². The van der Waals surface area contributed by atoms with Crippen molar-refractivity contribution >= 4 is 23.7 Å². The molecule has 0 aliphatic carbocycles. The number of nitrogens with one attached hydrogen (secondary N) is 1. The molecule has 0 aliphatic rings. The summed E-state index contributed by atoms with van der Waals surface area (Å²) in [5.74, 6) is -1.87. The van der Waals surface area contributed by atoms with Crippen molar-refractivity contribution in [3.05, 3.63) is 17.7 Å². The molecular formula is C17H24N2O7. The van der Waals surface area contributed by atoms with Gasteiger partial charge in [0.25, 0.3) is 0 Å². The van der Waals surface area contributed by atoms with Crippen molar-refractivity contribution in [3.8, 4) is 11.5 Å².